The molecule has 0 atom stereocenters. The number of carbonyl (C=O) groups is 1. The number of nitrogens with one attached hydrogen (secondary N) is 2. The van der Waals surface area contributed by atoms with Gasteiger partial charge in [0.2, 0.25) is 5.91 Å². The van der Waals surface area contributed by atoms with E-state index in [2.05, 4.69) is 39.6 Å². The number of amides is 1. The number of hydrogen-bond donors (Lipinski definition) is 2. The third-order valence-electron chi connectivity index (χ3n) is 3.44. The maximum Gasteiger partial charge on any atom is 0.226 e. The van der Waals surface area contributed by atoms with Crippen LogP contribution in [0.25, 0.3) is 0 Å². The second-order valence-corrected chi connectivity index (χ2v) is 6.11. The lowest BCUT2D eigenvalue weighted by molar-refractivity contribution is -0.115. The average Bonchev–Trinajstić information content (AvgIpc) is 2.50. The summed E-state index contributed by atoms with van der Waals surface area (Å²) in [4.78, 5) is 11.9. The van der Waals surface area contributed by atoms with E-state index in [1.807, 2.05) is 43.3 Å². The molecule has 0 heterocycles. The minimum atomic E-state index is 0.0139. The molecule has 2 aromatic rings. The van der Waals surface area contributed by atoms with Crippen LogP contribution in [-0.2, 0) is 11.2 Å². The Labute approximate surface area is 140 Å². The second-order valence-electron chi connectivity index (χ2n) is 5.26. The second kappa shape index (κ2) is 7.99. The summed E-state index contributed by atoms with van der Waals surface area (Å²) in [6, 6.07) is 14.1. The molecule has 0 aliphatic heterocycles. The van der Waals surface area contributed by atoms with Gasteiger partial charge >= 0.3 is 0 Å². The minimum Gasteiger partial charge on any atom is -0.384 e. The molecule has 0 spiro atoms. The van der Waals surface area contributed by atoms with Crippen LogP contribution in [0.4, 0.5) is 11.4 Å². The van der Waals surface area contributed by atoms with Gasteiger partial charge in [-0.3, -0.25) is 4.79 Å². The van der Waals surface area contributed by atoms with Crippen molar-refractivity contribution in [1.82, 2.24) is 0 Å². The fraction of sp³-hybridized carbons (Fsp3) is 0.278. The first-order valence-electron chi connectivity index (χ1n) is 7.47. The molecule has 0 aliphatic rings. The smallest absolute Gasteiger partial charge is 0.226 e. The highest BCUT2D eigenvalue weighted by Gasteiger charge is 2.04. The lowest BCUT2D eigenvalue weighted by Gasteiger charge is -2.10. The average molecular weight is 361 g/mol. The van der Waals surface area contributed by atoms with E-state index in [9.17, 15) is 4.79 Å². The third-order valence-corrected chi connectivity index (χ3v) is 4.09. The Hall–Kier alpha value is -1.81. The number of carbonyl (C=O) groups excluding carboxylic acids is 1. The van der Waals surface area contributed by atoms with Crippen LogP contribution in [0.3, 0.4) is 0 Å². The van der Waals surface area contributed by atoms with Gasteiger partial charge in [0.05, 0.1) is 0 Å². The number of halogens is 1. The van der Waals surface area contributed by atoms with Gasteiger partial charge in [0.25, 0.3) is 0 Å². The first-order chi connectivity index (χ1) is 10.6. The number of benzene rings is 2. The Morgan fingerprint density at radius 1 is 1.14 bits per heavy atom. The number of anilines is 2. The monoisotopic (exact) mass is 360 g/mol. The van der Waals surface area contributed by atoms with E-state index in [-0.39, 0.29) is 5.91 Å². The van der Waals surface area contributed by atoms with E-state index < -0.39 is 0 Å². The largest absolute Gasteiger partial charge is 0.384 e. The van der Waals surface area contributed by atoms with E-state index in [0.29, 0.717) is 13.0 Å². The summed E-state index contributed by atoms with van der Waals surface area (Å²) in [5.41, 5.74) is 4.32. The van der Waals surface area contributed by atoms with Gasteiger partial charge in [-0.25, -0.2) is 0 Å². The molecular weight excluding hydrogens is 340 g/mol. The number of rotatable bonds is 6. The predicted octanol–water partition coefficient (Wildman–Crippen LogP) is 4.76. The summed E-state index contributed by atoms with van der Waals surface area (Å²) >= 11 is 3.52. The number of hydrogen-bond acceptors (Lipinski definition) is 2. The summed E-state index contributed by atoms with van der Waals surface area (Å²) in [5, 5.41) is 6.18. The molecule has 2 aromatic carbocycles. The van der Waals surface area contributed by atoms with E-state index >= 15 is 0 Å². The van der Waals surface area contributed by atoms with Crippen LogP contribution in [0, 0.1) is 6.92 Å². The Kier molecular flexibility index (Phi) is 6.01. The summed E-state index contributed by atoms with van der Waals surface area (Å²) in [7, 11) is 0. The van der Waals surface area contributed by atoms with E-state index in [0.717, 1.165) is 22.3 Å². The zero-order valence-electron chi connectivity index (χ0n) is 12.9. The molecule has 22 heavy (non-hydrogen) atoms. The lowest BCUT2D eigenvalue weighted by Crippen LogP contribution is -2.16. The molecule has 4 heteroatoms. The van der Waals surface area contributed by atoms with Crippen molar-refractivity contribution < 1.29 is 4.79 Å². The molecule has 0 fully saturated rings. The van der Waals surface area contributed by atoms with Crippen LogP contribution in [0.1, 0.15) is 24.5 Å². The zero-order valence-corrected chi connectivity index (χ0v) is 14.5. The molecule has 0 unspecified atom stereocenters. The minimum absolute atomic E-state index is 0.0139. The van der Waals surface area contributed by atoms with Gasteiger partial charge in [0.1, 0.15) is 0 Å². The fourth-order valence-corrected chi connectivity index (χ4v) is 2.75. The first-order valence-corrected chi connectivity index (χ1v) is 8.26. The SMILES string of the molecule is CCc1ccc(NC(=O)CCNc2ccc(C)cc2Br)cc1. The summed E-state index contributed by atoms with van der Waals surface area (Å²) in [6.07, 6.45) is 1.43. The fourth-order valence-electron chi connectivity index (χ4n) is 2.12. The predicted molar refractivity (Wildman–Crippen MR) is 96.4 cm³/mol. The Bertz CT molecular complexity index is 638. The summed E-state index contributed by atoms with van der Waals surface area (Å²) in [6.45, 7) is 4.76. The molecule has 0 saturated carbocycles. The lowest BCUT2D eigenvalue weighted by atomic mass is 10.1. The molecule has 2 rings (SSSR count). The van der Waals surface area contributed by atoms with E-state index in [1.54, 1.807) is 0 Å². The molecule has 2 N–H and O–H groups in total. The molecule has 1 amide bonds. The molecule has 0 aromatic heterocycles. The highest BCUT2D eigenvalue weighted by atomic mass is 79.9. The maximum atomic E-state index is 11.9. The van der Waals surface area contributed by atoms with Crippen molar-refractivity contribution in [3.8, 4) is 0 Å². The van der Waals surface area contributed by atoms with Crippen molar-refractivity contribution >= 4 is 33.2 Å². The topological polar surface area (TPSA) is 41.1 Å². The Morgan fingerprint density at radius 2 is 1.86 bits per heavy atom. The molecule has 0 saturated heterocycles. The summed E-state index contributed by atoms with van der Waals surface area (Å²) in [5.74, 6) is 0.0139. The van der Waals surface area contributed by atoms with Gasteiger partial charge in [-0.1, -0.05) is 25.1 Å². The van der Waals surface area contributed by atoms with E-state index in [1.165, 1.54) is 11.1 Å². The Balaban J connectivity index is 1.79. The van der Waals surface area contributed by atoms with Gasteiger partial charge in [0, 0.05) is 28.8 Å². The molecule has 0 radical (unpaired) electrons. The quantitative estimate of drug-likeness (QED) is 0.779. The van der Waals surface area contributed by atoms with Crippen LogP contribution in [0.5, 0.6) is 0 Å². The van der Waals surface area contributed by atoms with Gasteiger partial charge < -0.3 is 10.6 Å². The third kappa shape index (κ3) is 4.88. The molecular formula is C18H21BrN2O. The normalized spacial score (nSPS) is 10.3. The Morgan fingerprint density at radius 3 is 2.50 bits per heavy atom. The van der Waals surface area contributed by atoms with Crippen molar-refractivity contribution in [3.63, 3.8) is 0 Å². The molecule has 3 nitrogen and oxygen atoms in total. The van der Waals surface area contributed by atoms with Gasteiger partial charge in [-0.2, -0.15) is 0 Å². The first kappa shape index (κ1) is 16.6. The number of aryl methyl sites for hydroxylation is 2. The van der Waals surface area contributed by atoms with Crippen molar-refractivity contribution in [2.24, 2.45) is 0 Å². The van der Waals surface area contributed by atoms with Crippen LogP contribution >= 0.6 is 15.9 Å². The van der Waals surface area contributed by atoms with Crippen molar-refractivity contribution in [2.75, 3.05) is 17.2 Å². The van der Waals surface area contributed by atoms with Crippen molar-refractivity contribution in [2.45, 2.75) is 26.7 Å². The highest BCUT2D eigenvalue weighted by Crippen LogP contribution is 2.23. The van der Waals surface area contributed by atoms with Crippen LogP contribution in [0.15, 0.2) is 46.9 Å². The van der Waals surface area contributed by atoms with Gasteiger partial charge in [-0.05, 0) is 64.7 Å². The highest BCUT2D eigenvalue weighted by molar-refractivity contribution is 9.10. The zero-order chi connectivity index (χ0) is 15.9. The van der Waals surface area contributed by atoms with Crippen LogP contribution < -0.4 is 10.6 Å². The van der Waals surface area contributed by atoms with Crippen molar-refractivity contribution in [3.05, 3.63) is 58.1 Å². The maximum absolute atomic E-state index is 11.9. The van der Waals surface area contributed by atoms with Gasteiger partial charge in [0.15, 0.2) is 0 Å². The van der Waals surface area contributed by atoms with E-state index in [4.69, 9.17) is 0 Å². The van der Waals surface area contributed by atoms with Crippen LogP contribution in [-0.4, -0.2) is 12.5 Å². The molecule has 116 valence electrons. The van der Waals surface area contributed by atoms with Gasteiger partial charge in [-0.15, -0.1) is 0 Å². The molecule has 0 aliphatic carbocycles. The molecule has 0 bridgehead atoms. The van der Waals surface area contributed by atoms with Crippen molar-refractivity contribution in [1.29, 1.82) is 0 Å². The summed E-state index contributed by atoms with van der Waals surface area (Å²) < 4.78 is 1.02. The standard InChI is InChI=1S/C18H21BrN2O/c1-3-14-5-7-15(8-6-14)21-18(22)10-11-20-17-9-4-13(2)12-16(17)19/h4-9,12,20H,3,10-11H2,1-2H3,(H,21,22). The van der Waals surface area contributed by atoms with Crippen LogP contribution in [0.2, 0.25) is 0 Å².